The predicted octanol–water partition coefficient (Wildman–Crippen LogP) is 2.38. The zero-order valence-electron chi connectivity index (χ0n) is 14.9. The van der Waals surface area contributed by atoms with Gasteiger partial charge in [-0.15, -0.1) is 0 Å². The summed E-state index contributed by atoms with van der Waals surface area (Å²) in [4.78, 5) is 48.1. The summed E-state index contributed by atoms with van der Waals surface area (Å²) in [6.45, 7) is 1.28. The summed E-state index contributed by atoms with van der Waals surface area (Å²) >= 11 is 6.20. The largest absolute Gasteiger partial charge is 0.360 e. The molecule has 1 aromatic carbocycles. The molecule has 0 atom stereocenters. The first-order valence-corrected chi connectivity index (χ1v) is 9.23. The number of pyridine rings is 1. The predicted molar refractivity (Wildman–Crippen MR) is 104 cm³/mol. The molecule has 1 saturated heterocycles. The standard InChI is InChI=1S/C20H17ClN4O3/c21-14-4-3-6-15-17(14)13(12-23-15)18(26)20(28)25-10-8-24(9-11-25)19(27)16-5-1-2-7-22-16/h1-7,12,23H,8-11H2. The SMILES string of the molecule is O=C(C(=O)N1CCN(C(=O)c2ccccn2)CC1)c1c[nH]c2cccc(Cl)c12. The number of ketones is 1. The van der Waals surface area contributed by atoms with Gasteiger partial charge in [-0.3, -0.25) is 19.4 Å². The molecular weight excluding hydrogens is 380 g/mol. The number of Topliss-reactive ketones (excluding diaryl/α,β-unsaturated/α-hetero) is 1. The van der Waals surface area contributed by atoms with Gasteiger partial charge in [0.1, 0.15) is 5.69 Å². The summed E-state index contributed by atoms with van der Waals surface area (Å²) in [6.07, 6.45) is 3.08. The van der Waals surface area contributed by atoms with Gasteiger partial charge in [0.25, 0.3) is 17.6 Å². The van der Waals surface area contributed by atoms with Gasteiger partial charge < -0.3 is 14.8 Å². The number of halogens is 1. The second-order valence-corrected chi connectivity index (χ2v) is 6.90. The Morgan fingerprint density at radius 2 is 1.71 bits per heavy atom. The van der Waals surface area contributed by atoms with Crippen molar-refractivity contribution in [2.24, 2.45) is 0 Å². The monoisotopic (exact) mass is 396 g/mol. The van der Waals surface area contributed by atoms with Crippen LogP contribution in [0.15, 0.2) is 48.8 Å². The van der Waals surface area contributed by atoms with Crippen LogP contribution in [0.2, 0.25) is 5.02 Å². The normalized spacial score (nSPS) is 14.3. The number of hydrogen-bond donors (Lipinski definition) is 1. The summed E-state index contributed by atoms with van der Waals surface area (Å²) in [5.41, 5.74) is 1.33. The molecule has 28 heavy (non-hydrogen) atoms. The van der Waals surface area contributed by atoms with Crippen LogP contribution in [-0.4, -0.2) is 63.5 Å². The minimum Gasteiger partial charge on any atom is -0.360 e. The molecule has 2 amide bonds. The highest BCUT2D eigenvalue weighted by atomic mass is 35.5. The molecule has 1 N–H and O–H groups in total. The van der Waals surface area contributed by atoms with Gasteiger partial charge in [0.15, 0.2) is 0 Å². The lowest BCUT2D eigenvalue weighted by Gasteiger charge is -2.34. The zero-order valence-corrected chi connectivity index (χ0v) is 15.6. The third-order valence-corrected chi connectivity index (χ3v) is 5.15. The highest BCUT2D eigenvalue weighted by Crippen LogP contribution is 2.27. The maximum Gasteiger partial charge on any atom is 0.295 e. The summed E-state index contributed by atoms with van der Waals surface area (Å²) in [5.74, 6) is -1.38. The first-order valence-electron chi connectivity index (χ1n) is 8.86. The molecular formula is C20H17ClN4O3. The van der Waals surface area contributed by atoms with E-state index in [0.717, 1.165) is 0 Å². The summed E-state index contributed by atoms with van der Waals surface area (Å²) in [5, 5.41) is 0.965. The van der Waals surface area contributed by atoms with E-state index in [4.69, 9.17) is 11.6 Å². The number of nitrogens with zero attached hydrogens (tertiary/aromatic N) is 3. The molecule has 2 aromatic heterocycles. The fourth-order valence-corrected chi connectivity index (χ4v) is 3.62. The first kappa shape index (κ1) is 18.2. The molecule has 8 heteroatoms. The molecule has 0 unspecified atom stereocenters. The van der Waals surface area contributed by atoms with Crippen molar-refractivity contribution in [1.29, 1.82) is 0 Å². The average Bonchev–Trinajstić information content (AvgIpc) is 3.18. The second-order valence-electron chi connectivity index (χ2n) is 6.49. The van der Waals surface area contributed by atoms with Crippen LogP contribution >= 0.6 is 11.6 Å². The van der Waals surface area contributed by atoms with E-state index >= 15 is 0 Å². The highest BCUT2D eigenvalue weighted by Gasteiger charge is 2.30. The summed E-state index contributed by atoms with van der Waals surface area (Å²) in [7, 11) is 0. The van der Waals surface area contributed by atoms with Crippen LogP contribution in [0.5, 0.6) is 0 Å². The molecule has 1 aliphatic rings. The molecule has 1 fully saturated rings. The van der Waals surface area contributed by atoms with E-state index in [9.17, 15) is 14.4 Å². The Morgan fingerprint density at radius 1 is 0.964 bits per heavy atom. The van der Waals surface area contributed by atoms with Crippen LogP contribution in [0.1, 0.15) is 20.8 Å². The maximum absolute atomic E-state index is 12.7. The molecule has 0 radical (unpaired) electrons. The van der Waals surface area contributed by atoms with Crippen molar-refractivity contribution in [3.63, 3.8) is 0 Å². The fourth-order valence-electron chi connectivity index (χ4n) is 3.34. The Balaban J connectivity index is 1.45. The number of fused-ring (bicyclic) bond motifs is 1. The molecule has 4 rings (SSSR count). The van der Waals surface area contributed by atoms with Crippen molar-refractivity contribution < 1.29 is 14.4 Å². The number of carbonyl (C=O) groups is 3. The Morgan fingerprint density at radius 3 is 2.43 bits per heavy atom. The third kappa shape index (κ3) is 3.25. The number of amides is 2. The van der Waals surface area contributed by atoms with Crippen molar-refractivity contribution in [1.82, 2.24) is 19.8 Å². The first-order chi connectivity index (χ1) is 13.6. The van der Waals surface area contributed by atoms with E-state index in [1.54, 1.807) is 47.5 Å². The number of aromatic amines is 1. The molecule has 0 spiro atoms. The van der Waals surface area contributed by atoms with E-state index in [1.165, 1.54) is 11.1 Å². The Kier molecular flexibility index (Phi) is 4.83. The lowest BCUT2D eigenvalue weighted by atomic mass is 10.1. The number of H-pyrrole nitrogens is 1. The molecule has 0 saturated carbocycles. The number of aromatic nitrogens is 2. The fraction of sp³-hybridized carbons (Fsp3) is 0.200. The van der Waals surface area contributed by atoms with Gasteiger partial charge in [0, 0.05) is 49.5 Å². The van der Waals surface area contributed by atoms with E-state index in [1.807, 2.05) is 0 Å². The Hall–Kier alpha value is -3.19. The van der Waals surface area contributed by atoms with Gasteiger partial charge in [-0.25, -0.2) is 0 Å². The number of rotatable bonds is 3. The van der Waals surface area contributed by atoms with Gasteiger partial charge >= 0.3 is 0 Å². The average molecular weight is 397 g/mol. The van der Waals surface area contributed by atoms with Gasteiger partial charge in [-0.2, -0.15) is 0 Å². The van der Waals surface area contributed by atoms with E-state index in [0.29, 0.717) is 47.8 Å². The summed E-state index contributed by atoms with van der Waals surface area (Å²) in [6, 6.07) is 10.4. The lowest BCUT2D eigenvalue weighted by molar-refractivity contribution is -0.127. The molecule has 142 valence electrons. The number of piperazine rings is 1. The van der Waals surface area contributed by atoms with Gasteiger partial charge in [0.05, 0.1) is 10.6 Å². The molecule has 7 nitrogen and oxygen atoms in total. The lowest BCUT2D eigenvalue weighted by Crippen LogP contribution is -2.52. The van der Waals surface area contributed by atoms with Gasteiger partial charge in [0.2, 0.25) is 0 Å². The smallest absolute Gasteiger partial charge is 0.295 e. The van der Waals surface area contributed by atoms with Crippen molar-refractivity contribution in [3.05, 3.63) is 65.1 Å². The molecule has 1 aliphatic heterocycles. The number of nitrogens with one attached hydrogen (secondary N) is 1. The van der Waals surface area contributed by atoms with Gasteiger partial charge in [-0.1, -0.05) is 23.7 Å². The van der Waals surface area contributed by atoms with E-state index in [2.05, 4.69) is 9.97 Å². The summed E-state index contributed by atoms with van der Waals surface area (Å²) < 4.78 is 0. The van der Waals surface area contributed by atoms with Crippen LogP contribution in [0.25, 0.3) is 10.9 Å². The van der Waals surface area contributed by atoms with Crippen molar-refractivity contribution in [2.45, 2.75) is 0 Å². The number of hydrogen-bond acceptors (Lipinski definition) is 4. The van der Waals surface area contributed by atoms with E-state index < -0.39 is 11.7 Å². The minimum absolute atomic E-state index is 0.178. The second kappa shape index (κ2) is 7.44. The highest BCUT2D eigenvalue weighted by molar-refractivity contribution is 6.47. The molecule has 3 aromatic rings. The Bertz CT molecular complexity index is 1060. The van der Waals surface area contributed by atoms with Crippen molar-refractivity contribution in [2.75, 3.05) is 26.2 Å². The van der Waals surface area contributed by atoms with Crippen molar-refractivity contribution >= 4 is 40.1 Å². The minimum atomic E-state index is -0.608. The van der Waals surface area contributed by atoms with E-state index in [-0.39, 0.29) is 11.5 Å². The molecule has 3 heterocycles. The number of benzene rings is 1. The van der Waals surface area contributed by atoms with Crippen LogP contribution in [-0.2, 0) is 4.79 Å². The van der Waals surface area contributed by atoms with Crippen LogP contribution in [0.4, 0.5) is 0 Å². The third-order valence-electron chi connectivity index (χ3n) is 4.83. The molecule has 0 bridgehead atoms. The quantitative estimate of drug-likeness (QED) is 0.544. The maximum atomic E-state index is 12.7. The van der Waals surface area contributed by atoms with Crippen LogP contribution in [0, 0.1) is 0 Å². The van der Waals surface area contributed by atoms with Gasteiger partial charge in [-0.05, 0) is 24.3 Å². The van der Waals surface area contributed by atoms with Crippen molar-refractivity contribution in [3.8, 4) is 0 Å². The van der Waals surface area contributed by atoms with Crippen LogP contribution < -0.4 is 0 Å². The number of carbonyl (C=O) groups excluding carboxylic acids is 3. The Labute approximate surface area is 165 Å². The topological polar surface area (TPSA) is 86.4 Å². The molecule has 0 aliphatic carbocycles. The zero-order chi connectivity index (χ0) is 19.7. The van der Waals surface area contributed by atoms with Crippen LogP contribution in [0.3, 0.4) is 0 Å².